The van der Waals surface area contributed by atoms with Crippen molar-refractivity contribution in [2.75, 3.05) is 19.6 Å². The molecule has 4 nitrogen and oxygen atoms in total. The fraction of sp³-hybridized carbons (Fsp3) is 0.643. The number of nitrogens with one attached hydrogen (secondary N) is 2. The molecule has 2 rings (SSSR count). The van der Waals surface area contributed by atoms with Crippen molar-refractivity contribution in [2.24, 2.45) is 5.41 Å². The van der Waals surface area contributed by atoms with Crippen molar-refractivity contribution in [1.29, 1.82) is 0 Å². The van der Waals surface area contributed by atoms with Crippen molar-refractivity contribution in [2.45, 2.75) is 32.5 Å². The number of hydrogen-bond donors (Lipinski definition) is 2. The van der Waals surface area contributed by atoms with Crippen LogP contribution in [0.25, 0.3) is 0 Å². The summed E-state index contributed by atoms with van der Waals surface area (Å²) in [6, 6.07) is 2.85. The van der Waals surface area contributed by atoms with Gasteiger partial charge in [0.05, 0.1) is 0 Å². The minimum atomic E-state index is -4.34. The van der Waals surface area contributed by atoms with Crippen molar-refractivity contribution < 1.29 is 18.0 Å². The SMILES string of the molecule is CC1(CNC(=O)c2cccn2CC(F)(F)F)CCCNC1. The van der Waals surface area contributed by atoms with Crippen LogP contribution in [0.5, 0.6) is 0 Å². The Kier molecular flexibility index (Phi) is 4.61. The lowest BCUT2D eigenvalue weighted by Gasteiger charge is -2.34. The molecule has 1 aliphatic rings. The van der Waals surface area contributed by atoms with E-state index >= 15 is 0 Å². The van der Waals surface area contributed by atoms with Gasteiger partial charge in [0.15, 0.2) is 0 Å². The van der Waals surface area contributed by atoms with Gasteiger partial charge in [-0.05, 0) is 36.9 Å². The number of nitrogens with zero attached hydrogens (tertiary/aromatic N) is 1. The monoisotopic (exact) mass is 303 g/mol. The maximum atomic E-state index is 12.4. The molecule has 2 N–H and O–H groups in total. The molecule has 7 heteroatoms. The highest BCUT2D eigenvalue weighted by atomic mass is 19.4. The molecule has 2 heterocycles. The van der Waals surface area contributed by atoms with E-state index in [4.69, 9.17) is 0 Å². The third kappa shape index (κ3) is 4.49. The van der Waals surface area contributed by atoms with Gasteiger partial charge in [0, 0.05) is 19.3 Å². The van der Waals surface area contributed by atoms with Crippen LogP contribution in [0.3, 0.4) is 0 Å². The van der Waals surface area contributed by atoms with Gasteiger partial charge in [-0.25, -0.2) is 0 Å². The molecule has 1 aliphatic heterocycles. The quantitative estimate of drug-likeness (QED) is 0.895. The molecular formula is C14H20F3N3O. The molecule has 0 radical (unpaired) electrons. The molecule has 1 aromatic rings. The van der Waals surface area contributed by atoms with E-state index in [1.807, 2.05) is 0 Å². The maximum absolute atomic E-state index is 12.4. The summed E-state index contributed by atoms with van der Waals surface area (Å²) >= 11 is 0. The third-order valence-corrected chi connectivity index (χ3v) is 3.77. The Bertz CT molecular complexity index is 490. The van der Waals surface area contributed by atoms with Crippen molar-refractivity contribution in [3.8, 4) is 0 Å². The van der Waals surface area contributed by atoms with Crippen molar-refractivity contribution >= 4 is 5.91 Å². The van der Waals surface area contributed by atoms with E-state index < -0.39 is 18.6 Å². The van der Waals surface area contributed by atoms with Gasteiger partial charge < -0.3 is 15.2 Å². The highest BCUT2D eigenvalue weighted by Crippen LogP contribution is 2.24. The summed E-state index contributed by atoms with van der Waals surface area (Å²) in [6.45, 7) is 3.14. The zero-order valence-electron chi connectivity index (χ0n) is 12.0. The van der Waals surface area contributed by atoms with E-state index in [2.05, 4.69) is 17.6 Å². The van der Waals surface area contributed by atoms with Crippen LogP contribution in [-0.2, 0) is 6.54 Å². The van der Waals surface area contributed by atoms with Gasteiger partial charge >= 0.3 is 6.18 Å². The lowest BCUT2D eigenvalue weighted by molar-refractivity contribution is -0.140. The summed E-state index contributed by atoms with van der Waals surface area (Å²) < 4.78 is 38.2. The number of hydrogen-bond acceptors (Lipinski definition) is 2. The molecule has 0 aromatic carbocycles. The summed E-state index contributed by atoms with van der Waals surface area (Å²) in [4.78, 5) is 12.1. The van der Waals surface area contributed by atoms with E-state index in [1.54, 1.807) is 0 Å². The summed E-state index contributed by atoms with van der Waals surface area (Å²) in [7, 11) is 0. The molecule has 1 unspecified atom stereocenters. The molecule has 1 aromatic heterocycles. The van der Waals surface area contributed by atoms with Gasteiger partial charge in [0.25, 0.3) is 5.91 Å². The molecule has 1 saturated heterocycles. The standard InChI is InChI=1S/C14H20F3N3O/c1-13(5-3-6-18-8-13)9-19-12(21)11-4-2-7-20(11)10-14(15,16)17/h2,4,7,18H,3,5-6,8-10H2,1H3,(H,19,21). The van der Waals surface area contributed by atoms with E-state index in [1.165, 1.54) is 18.3 Å². The maximum Gasteiger partial charge on any atom is 0.406 e. The summed E-state index contributed by atoms with van der Waals surface area (Å²) in [5, 5.41) is 6.03. The molecule has 0 aliphatic carbocycles. The summed E-state index contributed by atoms with van der Waals surface area (Å²) in [5.41, 5.74) is -0.00489. The first-order valence-corrected chi connectivity index (χ1v) is 7.00. The molecule has 0 spiro atoms. The van der Waals surface area contributed by atoms with Crippen LogP contribution in [0, 0.1) is 5.41 Å². The Morgan fingerprint density at radius 2 is 2.29 bits per heavy atom. The Morgan fingerprint density at radius 1 is 1.52 bits per heavy atom. The van der Waals surface area contributed by atoms with Crippen LogP contribution in [0.4, 0.5) is 13.2 Å². The molecule has 118 valence electrons. The Labute approximate surface area is 121 Å². The van der Waals surface area contributed by atoms with Crippen LogP contribution in [-0.4, -0.2) is 36.3 Å². The number of piperidine rings is 1. The number of halogens is 3. The molecule has 1 atom stereocenters. The van der Waals surface area contributed by atoms with Crippen LogP contribution >= 0.6 is 0 Å². The average molecular weight is 303 g/mol. The molecular weight excluding hydrogens is 283 g/mol. The van der Waals surface area contributed by atoms with Gasteiger partial charge in [0.1, 0.15) is 12.2 Å². The second-order valence-electron chi connectivity index (χ2n) is 5.91. The Morgan fingerprint density at radius 3 is 2.90 bits per heavy atom. The fourth-order valence-corrected chi connectivity index (χ4v) is 2.61. The Balaban J connectivity index is 1.96. The number of alkyl halides is 3. The number of aromatic nitrogens is 1. The van der Waals surface area contributed by atoms with Gasteiger partial charge in [-0.2, -0.15) is 13.2 Å². The average Bonchev–Trinajstić information content (AvgIpc) is 2.83. The van der Waals surface area contributed by atoms with Crippen LogP contribution in [0.1, 0.15) is 30.3 Å². The molecule has 0 saturated carbocycles. The highest BCUT2D eigenvalue weighted by molar-refractivity contribution is 5.92. The van der Waals surface area contributed by atoms with Gasteiger partial charge in [-0.3, -0.25) is 4.79 Å². The van der Waals surface area contributed by atoms with Crippen LogP contribution in [0.15, 0.2) is 18.3 Å². The largest absolute Gasteiger partial charge is 0.406 e. The lowest BCUT2D eigenvalue weighted by atomic mass is 9.83. The molecule has 21 heavy (non-hydrogen) atoms. The van der Waals surface area contributed by atoms with E-state index in [9.17, 15) is 18.0 Å². The molecule has 1 fully saturated rings. The predicted molar refractivity (Wildman–Crippen MR) is 73.0 cm³/mol. The smallest absolute Gasteiger partial charge is 0.350 e. The van der Waals surface area contributed by atoms with Gasteiger partial charge in [0.2, 0.25) is 0 Å². The predicted octanol–water partition coefficient (Wildman–Crippen LogP) is 2.17. The third-order valence-electron chi connectivity index (χ3n) is 3.77. The van der Waals surface area contributed by atoms with Crippen molar-refractivity contribution in [3.05, 3.63) is 24.0 Å². The zero-order valence-corrected chi connectivity index (χ0v) is 12.0. The van der Waals surface area contributed by atoms with Gasteiger partial charge in [-0.1, -0.05) is 6.92 Å². The summed E-state index contributed by atoms with van der Waals surface area (Å²) in [6.07, 6.45) is -1.04. The second-order valence-corrected chi connectivity index (χ2v) is 5.91. The molecule has 0 bridgehead atoms. The van der Waals surface area contributed by atoms with Crippen LogP contribution < -0.4 is 10.6 Å². The van der Waals surface area contributed by atoms with Crippen molar-refractivity contribution in [3.63, 3.8) is 0 Å². The lowest BCUT2D eigenvalue weighted by Crippen LogP contribution is -2.46. The minimum Gasteiger partial charge on any atom is -0.350 e. The van der Waals surface area contributed by atoms with Crippen molar-refractivity contribution in [1.82, 2.24) is 15.2 Å². The fourth-order valence-electron chi connectivity index (χ4n) is 2.61. The zero-order chi connectivity index (χ0) is 15.5. The first-order valence-electron chi connectivity index (χ1n) is 7.00. The summed E-state index contributed by atoms with van der Waals surface area (Å²) in [5.74, 6) is -0.462. The molecule has 1 amide bonds. The van der Waals surface area contributed by atoms with Crippen LogP contribution in [0.2, 0.25) is 0 Å². The van der Waals surface area contributed by atoms with E-state index in [-0.39, 0.29) is 11.1 Å². The second kappa shape index (κ2) is 6.09. The highest BCUT2D eigenvalue weighted by Gasteiger charge is 2.30. The Hall–Kier alpha value is -1.50. The minimum absolute atomic E-state index is 0.0414. The number of amides is 1. The van der Waals surface area contributed by atoms with E-state index in [0.29, 0.717) is 6.54 Å². The van der Waals surface area contributed by atoms with Gasteiger partial charge in [-0.15, -0.1) is 0 Å². The topological polar surface area (TPSA) is 46.1 Å². The number of carbonyl (C=O) groups excluding carboxylic acids is 1. The normalized spacial score (nSPS) is 23.0. The van der Waals surface area contributed by atoms with E-state index in [0.717, 1.165) is 30.5 Å². The number of rotatable bonds is 4. The number of carbonyl (C=O) groups is 1. The first kappa shape index (κ1) is 15.9. The first-order chi connectivity index (χ1) is 9.79.